The normalized spacial score (nSPS) is 15.1. The zero-order valence-electron chi connectivity index (χ0n) is 13.0. The van der Waals surface area contributed by atoms with Crippen molar-refractivity contribution in [3.63, 3.8) is 0 Å². The van der Waals surface area contributed by atoms with Crippen LogP contribution in [0.25, 0.3) is 11.0 Å². The molecule has 1 saturated heterocycles. The van der Waals surface area contributed by atoms with E-state index in [2.05, 4.69) is 10.3 Å². The third-order valence-electron chi connectivity index (χ3n) is 3.85. The highest BCUT2D eigenvalue weighted by molar-refractivity contribution is 5.90. The summed E-state index contributed by atoms with van der Waals surface area (Å²) in [6, 6.07) is 2.50. The quantitative estimate of drug-likeness (QED) is 0.901. The SMILES string of the molecule is CCCn1c(NC(N)=O)nc2cc(F)c(N3CCOCC3)cc21. The number of anilines is 2. The van der Waals surface area contributed by atoms with Gasteiger partial charge >= 0.3 is 6.03 Å². The summed E-state index contributed by atoms with van der Waals surface area (Å²) in [5, 5.41) is 2.50. The maximum atomic E-state index is 14.4. The van der Waals surface area contributed by atoms with Gasteiger partial charge in [0.1, 0.15) is 5.82 Å². The summed E-state index contributed by atoms with van der Waals surface area (Å²) in [6.45, 7) is 5.14. The number of carbonyl (C=O) groups excluding carboxylic acids is 1. The van der Waals surface area contributed by atoms with Gasteiger partial charge in [-0.25, -0.2) is 14.2 Å². The van der Waals surface area contributed by atoms with Crippen LogP contribution in [0.4, 0.5) is 20.8 Å². The van der Waals surface area contributed by atoms with Crippen LogP contribution in [0.3, 0.4) is 0 Å². The lowest BCUT2D eigenvalue weighted by Gasteiger charge is -2.29. The molecule has 2 heterocycles. The van der Waals surface area contributed by atoms with Crippen molar-refractivity contribution in [3.8, 4) is 0 Å². The van der Waals surface area contributed by atoms with Crippen LogP contribution in [0.1, 0.15) is 13.3 Å². The Labute approximate surface area is 133 Å². The third-order valence-corrected chi connectivity index (χ3v) is 3.85. The molecule has 0 bridgehead atoms. The molecule has 1 aromatic heterocycles. The predicted octanol–water partition coefficient (Wildman–Crippen LogP) is 1.91. The first-order valence-electron chi connectivity index (χ1n) is 7.69. The lowest BCUT2D eigenvalue weighted by Crippen LogP contribution is -2.36. The summed E-state index contributed by atoms with van der Waals surface area (Å²) in [6.07, 6.45) is 0.850. The number of amides is 2. The molecule has 2 aromatic rings. The molecule has 23 heavy (non-hydrogen) atoms. The zero-order chi connectivity index (χ0) is 16.4. The van der Waals surface area contributed by atoms with E-state index in [-0.39, 0.29) is 5.82 Å². The summed E-state index contributed by atoms with van der Waals surface area (Å²) >= 11 is 0. The average Bonchev–Trinajstić information content (AvgIpc) is 2.83. The van der Waals surface area contributed by atoms with Crippen molar-refractivity contribution >= 4 is 28.7 Å². The Morgan fingerprint density at radius 1 is 1.43 bits per heavy atom. The molecule has 1 aliphatic rings. The molecule has 3 N–H and O–H groups in total. The van der Waals surface area contributed by atoms with Crippen LogP contribution in [0.5, 0.6) is 0 Å². The van der Waals surface area contributed by atoms with Gasteiger partial charge in [0.05, 0.1) is 29.9 Å². The van der Waals surface area contributed by atoms with Crippen molar-refractivity contribution in [2.75, 3.05) is 36.5 Å². The number of hydrogen-bond donors (Lipinski definition) is 2. The number of carbonyl (C=O) groups is 1. The number of nitrogens with one attached hydrogen (secondary N) is 1. The minimum absolute atomic E-state index is 0.328. The van der Waals surface area contributed by atoms with E-state index in [9.17, 15) is 9.18 Å². The first kappa shape index (κ1) is 15.5. The standard InChI is InChI=1S/C15H20FN5O2/c1-2-3-21-13-9-12(20-4-6-23-7-5-20)10(16)8-11(13)18-15(21)19-14(17)22/h8-9H,2-7H2,1H3,(H3,17,18,19,22). The molecular weight excluding hydrogens is 301 g/mol. The van der Waals surface area contributed by atoms with Crippen molar-refractivity contribution < 1.29 is 13.9 Å². The number of urea groups is 1. The number of nitrogens with zero attached hydrogens (tertiary/aromatic N) is 3. The Morgan fingerprint density at radius 2 is 2.17 bits per heavy atom. The van der Waals surface area contributed by atoms with Gasteiger partial charge in [-0.2, -0.15) is 0 Å². The highest BCUT2D eigenvalue weighted by Crippen LogP contribution is 2.29. The number of imidazole rings is 1. The van der Waals surface area contributed by atoms with Crippen LogP contribution in [0.2, 0.25) is 0 Å². The Balaban J connectivity index is 2.08. The van der Waals surface area contributed by atoms with Crippen LogP contribution < -0.4 is 16.0 Å². The lowest BCUT2D eigenvalue weighted by atomic mass is 10.2. The fourth-order valence-electron chi connectivity index (χ4n) is 2.84. The molecule has 1 aliphatic heterocycles. The Morgan fingerprint density at radius 3 is 2.83 bits per heavy atom. The zero-order valence-corrected chi connectivity index (χ0v) is 13.0. The second kappa shape index (κ2) is 6.41. The molecule has 0 spiro atoms. The maximum absolute atomic E-state index is 14.4. The monoisotopic (exact) mass is 321 g/mol. The Bertz CT molecular complexity index is 724. The van der Waals surface area contributed by atoms with Crippen molar-refractivity contribution in [1.29, 1.82) is 0 Å². The number of primary amides is 1. The molecule has 8 heteroatoms. The van der Waals surface area contributed by atoms with Gasteiger partial charge in [0, 0.05) is 25.7 Å². The van der Waals surface area contributed by atoms with E-state index in [1.807, 2.05) is 16.4 Å². The molecule has 1 fully saturated rings. The van der Waals surface area contributed by atoms with Crippen LogP contribution in [0.15, 0.2) is 12.1 Å². The molecule has 0 atom stereocenters. The third kappa shape index (κ3) is 3.07. The number of aryl methyl sites for hydroxylation is 1. The van der Waals surface area contributed by atoms with E-state index in [0.717, 1.165) is 11.9 Å². The molecule has 124 valence electrons. The van der Waals surface area contributed by atoms with Crippen LogP contribution in [0, 0.1) is 5.82 Å². The number of rotatable bonds is 4. The molecular formula is C15H20FN5O2. The van der Waals surface area contributed by atoms with Crippen molar-refractivity contribution in [3.05, 3.63) is 17.9 Å². The fourth-order valence-corrected chi connectivity index (χ4v) is 2.84. The largest absolute Gasteiger partial charge is 0.378 e. The van der Waals surface area contributed by atoms with Crippen molar-refractivity contribution in [2.45, 2.75) is 19.9 Å². The van der Waals surface area contributed by atoms with Gasteiger partial charge in [0.15, 0.2) is 0 Å². The summed E-state index contributed by atoms with van der Waals surface area (Å²) in [5.74, 6) is 0.0130. The van der Waals surface area contributed by atoms with Gasteiger partial charge in [0.2, 0.25) is 5.95 Å². The topological polar surface area (TPSA) is 85.4 Å². The highest BCUT2D eigenvalue weighted by atomic mass is 19.1. The molecule has 0 radical (unpaired) electrons. The summed E-state index contributed by atoms with van der Waals surface area (Å²) in [5.41, 5.74) is 6.99. The van der Waals surface area contributed by atoms with Gasteiger partial charge in [0.25, 0.3) is 0 Å². The lowest BCUT2D eigenvalue weighted by molar-refractivity contribution is 0.122. The maximum Gasteiger partial charge on any atom is 0.318 e. The average molecular weight is 321 g/mol. The number of morpholine rings is 1. The molecule has 0 aliphatic carbocycles. The van der Waals surface area contributed by atoms with E-state index in [1.165, 1.54) is 6.07 Å². The second-order valence-electron chi connectivity index (χ2n) is 5.47. The number of halogens is 1. The predicted molar refractivity (Wildman–Crippen MR) is 86.2 cm³/mol. The van der Waals surface area contributed by atoms with Crippen molar-refractivity contribution in [2.24, 2.45) is 5.73 Å². The fraction of sp³-hybridized carbons (Fsp3) is 0.467. The summed E-state index contributed by atoms with van der Waals surface area (Å²) in [4.78, 5) is 17.4. The number of aromatic nitrogens is 2. The molecule has 0 unspecified atom stereocenters. The first-order chi connectivity index (χ1) is 11.1. The van der Waals surface area contributed by atoms with E-state index < -0.39 is 6.03 Å². The number of ether oxygens (including phenoxy) is 1. The van der Waals surface area contributed by atoms with E-state index in [4.69, 9.17) is 10.5 Å². The molecule has 0 saturated carbocycles. The van der Waals surface area contributed by atoms with E-state index >= 15 is 0 Å². The first-order valence-corrected chi connectivity index (χ1v) is 7.69. The van der Waals surface area contributed by atoms with Gasteiger partial charge in [-0.3, -0.25) is 5.32 Å². The summed E-state index contributed by atoms with van der Waals surface area (Å²) < 4.78 is 21.6. The molecule has 2 amide bonds. The van der Waals surface area contributed by atoms with Gasteiger partial charge in [-0.05, 0) is 12.5 Å². The minimum atomic E-state index is -0.688. The van der Waals surface area contributed by atoms with Gasteiger partial charge in [-0.15, -0.1) is 0 Å². The Kier molecular flexibility index (Phi) is 4.33. The molecule has 7 nitrogen and oxygen atoms in total. The van der Waals surface area contributed by atoms with Crippen LogP contribution in [-0.4, -0.2) is 41.9 Å². The molecule has 1 aromatic carbocycles. The number of fused-ring (bicyclic) bond motifs is 1. The van der Waals surface area contributed by atoms with Crippen LogP contribution in [-0.2, 0) is 11.3 Å². The number of nitrogens with two attached hydrogens (primary N) is 1. The highest BCUT2D eigenvalue weighted by Gasteiger charge is 2.19. The molecule has 3 rings (SSSR count). The smallest absolute Gasteiger partial charge is 0.318 e. The summed E-state index contributed by atoms with van der Waals surface area (Å²) in [7, 11) is 0. The number of hydrogen-bond acceptors (Lipinski definition) is 4. The Hall–Kier alpha value is -2.35. The number of benzene rings is 1. The van der Waals surface area contributed by atoms with E-state index in [1.54, 1.807) is 6.07 Å². The van der Waals surface area contributed by atoms with Crippen LogP contribution >= 0.6 is 0 Å². The van der Waals surface area contributed by atoms with Crippen molar-refractivity contribution in [1.82, 2.24) is 9.55 Å². The van der Waals surface area contributed by atoms with Gasteiger partial charge in [-0.1, -0.05) is 6.92 Å². The minimum Gasteiger partial charge on any atom is -0.378 e. The van der Waals surface area contributed by atoms with Gasteiger partial charge < -0.3 is 19.9 Å². The second-order valence-corrected chi connectivity index (χ2v) is 5.47. The van der Waals surface area contributed by atoms with E-state index in [0.29, 0.717) is 50.0 Å².